The van der Waals surface area contributed by atoms with E-state index < -0.39 is 5.60 Å². The highest BCUT2D eigenvalue weighted by Crippen LogP contribution is 2.33. The van der Waals surface area contributed by atoms with Gasteiger partial charge in [0.2, 0.25) is 0 Å². The number of anilines is 1. The molecule has 0 aromatic heterocycles. The van der Waals surface area contributed by atoms with Gasteiger partial charge in [0.1, 0.15) is 17.4 Å². The maximum Gasteiger partial charge on any atom is 0.256 e. The molecule has 0 aliphatic heterocycles. The summed E-state index contributed by atoms with van der Waals surface area (Å²) in [5.41, 5.74) is 0.135. The Morgan fingerprint density at radius 1 is 1.32 bits per heavy atom. The maximum absolute atomic E-state index is 12.9. The van der Waals surface area contributed by atoms with Gasteiger partial charge in [0, 0.05) is 12.7 Å². The molecule has 1 atom stereocenters. The summed E-state index contributed by atoms with van der Waals surface area (Å²) in [6, 6.07) is 7.34. The van der Waals surface area contributed by atoms with Crippen LogP contribution in [0.5, 0.6) is 5.75 Å². The zero-order valence-corrected chi connectivity index (χ0v) is 15.4. The van der Waals surface area contributed by atoms with E-state index in [1.165, 1.54) is 0 Å². The summed E-state index contributed by atoms with van der Waals surface area (Å²) in [7, 11) is 0. The number of carbonyl (C=O) groups is 1. The van der Waals surface area contributed by atoms with E-state index in [0.717, 1.165) is 38.5 Å². The molecule has 25 heavy (non-hydrogen) atoms. The Balaban J connectivity index is 2.17. The highest BCUT2D eigenvalue weighted by molar-refractivity contribution is 5.98. The average molecular weight is 344 g/mol. The quantitative estimate of drug-likeness (QED) is 0.795. The van der Waals surface area contributed by atoms with Crippen molar-refractivity contribution in [3.8, 4) is 11.8 Å². The largest absolute Gasteiger partial charge is 0.491 e. The molecule has 1 aliphatic rings. The topological polar surface area (TPSA) is 71.3 Å². The fraction of sp³-hybridized carbons (Fsp3) is 0.600. The lowest BCUT2D eigenvalue weighted by molar-refractivity contribution is -0.145. The predicted molar refractivity (Wildman–Crippen MR) is 97.6 cm³/mol. The van der Waals surface area contributed by atoms with Gasteiger partial charge in [-0.25, -0.2) is 0 Å². The zero-order chi connectivity index (χ0) is 18.3. The van der Waals surface area contributed by atoms with Crippen LogP contribution in [0.1, 0.15) is 64.9 Å². The lowest BCUT2D eigenvalue weighted by Crippen LogP contribution is -2.47. The van der Waals surface area contributed by atoms with Crippen LogP contribution in [0.3, 0.4) is 0 Å². The molecule has 0 bridgehead atoms. The van der Waals surface area contributed by atoms with E-state index in [0.29, 0.717) is 23.6 Å². The van der Waals surface area contributed by atoms with E-state index in [4.69, 9.17) is 9.47 Å². The molecule has 0 heterocycles. The number of rotatable bonds is 7. The van der Waals surface area contributed by atoms with Gasteiger partial charge in [0.15, 0.2) is 0 Å². The van der Waals surface area contributed by atoms with Crippen LogP contribution in [-0.4, -0.2) is 24.2 Å². The molecule has 5 heteroatoms. The normalized spacial score (nSPS) is 17.4. The molecule has 1 saturated carbocycles. The second-order valence-electron chi connectivity index (χ2n) is 6.60. The van der Waals surface area contributed by atoms with Crippen molar-refractivity contribution in [1.29, 1.82) is 5.26 Å². The van der Waals surface area contributed by atoms with E-state index in [-0.39, 0.29) is 12.0 Å². The van der Waals surface area contributed by atoms with Gasteiger partial charge in [0.25, 0.3) is 5.91 Å². The number of amides is 1. The first-order chi connectivity index (χ1) is 12.0. The number of hydrogen-bond acceptors (Lipinski definition) is 4. The van der Waals surface area contributed by atoms with Crippen LogP contribution in [0.15, 0.2) is 18.2 Å². The lowest BCUT2D eigenvalue weighted by Gasteiger charge is -2.35. The number of hydrogen-bond donors (Lipinski definition) is 1. The van der Waals surface area contributed by atoms with Crippen molar-refractivity contribution in [2.45, 2.75) is 71.0 Å². The summed E-state index contributed by atoms with van der Waals surface area (Å²) in [6.45, 7) is 6.43. The average Bonchev–Trinajstić information content (AvgIpc) is 2.63. The van der Waals surface area contributed by atoms with E-state index in [9.17, 15) is 10.1 Å². The van der Waals surface area contributed by atoms with Gasteiger partial charge < -0.3 is 14.8 Å². The van der Waals surface area contributed by atoms with E-state index in [1.54, 1.807) is 18.2 Å². The molecule has 1 aromatic carbocycles. The molecule has 1 aliphatic carbocycles. The second-order valence-corrected chi connectivity index (χ2v) is 6.60. The van der Waals surface area contributed by atoms with Crippen LogP contribution in [0.2, 0.25) is 0 Å². The predicted octanol–water partition coefficient (Wildman–Crippen LogP) is 4.41. The highest BCUT2D eigenvalue weighted by Gasteiger charge is 2.40. The van der Waals surface area contributed by atoms with Gasteiger partial charge in [-0.15, -0.1) is 0 Å². The van der Waals surface area contributed by atoms with Crippen molar-refractivity contribution < 1.29 is 14.3 Å². The molecule has 0 unspecified atom stereocenters. The van der Waals surface area contributed by atoms with Crippen LogP contribution in [-0.2, 0) is 9.53 Å². The SMILES string of the molecule is CCOC1(C(=O)Nc2ccc(O[C@H](C)CC)cc2C#N)CCCCC1. The molecule has 0 radical (unpaired) electrons. The van der Waals surface area contributed by atoms with Crippen molar-refractivity contribution in [3.05, 3.63) is 23.8 Å². The minimum Gasteiger partial charge on any atom is -0.491 e. The van der Waals surface area contributed by atoms with Crippen LogP contribution in [0, 0.1) is 11.3 Å². The van der Waals surface area contributed by atoms with Gasteiger partial charge in [-0.3, -0.25) is 4.79 Å². The third-order valence-corrected chi connectivity index (χ3v) is 4.77. The molecule has 0 saturated heterocycles. The minimum absolute atomic E-state index is 0.0791. The van der Waals surface area contributed by atoms with Crippen molar-refractivity contribution in [2.24, 2.45) is 0 Å². The smallest absolute Gasteiger partial charge is 0.256 e. The zero-order valence-electron chi connectivity index (χ0n) is 15.4. The Kier molecular flexibility index (Phi) is 6.83. The maximum atomic E-state index is 12.9. The number of benzene rings is 1. The highest BCUT2D eigenvalue weighted by atomic mass is 16.5. The van der Waals surface area contributed by atoms with E-state index in [2.05, 4.69) is 11.4 Å². The Morgan fingerprint density at radius 3 is 2.64 bits per heavy atom. The van der Waals surface area contributed by atoms with Gasteiger partial charge in [-0.05, 0) is 45.2 Å². The minimum atomic E-state index is -0.772. The summed E-state index contributed by atoms with van der Waals surface area (Å²) in [5.74, 6) is 0.488. The molecular weight excluding hydrogens is 316 g/mol. The van der Waals surface area contributed by atoms with Crippen molar-refractivity contribution in [2.75, 3.05) is 11.9 Å². The van der Waals surface area contributed by atoms with Crippen LogP contribution in [0.4, 0.5) is 5.69 Å². The van der Waals surface area contributed by atoms with Crippen molar-refractivity contribution in [1.82, 2.24) is 0 Å². The van der Waals surface area contributed by atoms with Crippen LogP contribution in [0.25, 0.3) is 0 Å². The first-order valence-electron chi connectivity index (χ1n) is 9.21. The number of nitrogens with zero attached hydrogens (tertiary/aromatic N) is 1. The molecule has 5 nitrogen and oxygen atoms in total. The van der Waals surface area contributed by atoms with Crippen LogP contribution >= 0.6 is 0 Å². The number of nitrogens with one attached hydrogen (secondary N) is 1. The van der Waals surface area contributed by atoms with Gasteiger partial charge in [0.05, 0.1) is 17.4 Å². The number of nitriles is 1. The third kappa shape index (κ3) is 4.73. The number of carbonyl (C=O) groups excluding carboxylic acids is 1. The molecular formula is C20H28N2O3. The molecule has 2 rings (SSSR count). The Bertz CT molecular complexity index is 625. The van der Waals surface area contributed by atoms with Gasteiger partial charge >= 0.3 is 0 Å². The van der Waals surface area contributed by atoms with Gasteiger partial charge in [-0.2, -0.15) is 5.26 Å². The lowest BCUT2D eigenvalue weighted by atomic mass is 9.83. The molecule has 1 fully saturated rings. The van der Waals surface area contributed by atoms with E-state index >= 15 is 0 Å². The Labute approximate surface area is 150 Å². The Hall–Kier alpha value is -2.06. The van der Waals surface area contributed by atoms with Gasteiger partial charge in [-0.1, -0.05) is 26.2 Å². The first-order valence-corrected chi connectivity index (χ1v) is 9.21. The molecule has 136 valence electrons. The fourth-order valence-corrected chi connectivity index (χ4v) is 3.19. The summed E-state index contributed by atoms with van der Waals surface area (Å²) in [5, 5.41) is 12.3. The molecule has 0 spiro atoms. The first kappa shape index (κ1) is 19.3. The molecule has 1 aromatic rings. The summed E-state index contributed by atoms with van der Waals surface area (Å²) < 4.78 is 11.6. The van der Waals surface area contributed by atoms with Crippen molar-refractivity contribution >= 4 is 11.6 Å². The van der Waals surface area contributed by atoms with Crippen LogP contribution < -0.4 is 10.1 Å². The molecule has 1 amide bonds. The second kappa shape index (κ2) is 8.87. The molecule has 1 N–H and O–H groups in total. The fourth-order valence-electron chi connectivity index (χ4n) is 3.19. The standard InChI is InChI=1S/C20H28N2O3/c1-4-15(3)25-17-9-10-18(16(13-17)14-21)22-19(23)20(24-5-2)11-7-6-8-12-20/h9-10,13,15H,4-8,11-12H2,1-3H3,(H,22,23)/t15-/m1/s1. The third-order valence-electron chi connectivity index (χ3n) is 4.77. The van der Waals surface area contributed by atoms with Crippen molar-refractivity contribution in [3.63, 3.8) is 0 Å². The Morgan fingerprint density at radius 2 is 2.04 bits per heavy atom. The number of ether oxygens (including phenoxy) is 2. The van der Waals surface area contributed by atoms with E-state index in [1.807, 2.05) is 20.8 Å². The summed E-state index contributed by atoms with van der Waals surface area (Å²) in [6.07, 6.45) is 5.52. The summed E-state index contributed by atoms with van der Waals surface area (Å²) >= 11 is 0. The summed E-state index contributed by atoms with van der Waals surface area (Å²) in [4.78, 5) is 12.9. The monoisotopic (exact) mass is 344 g/mol.